The Morgan fingerprint density at radius 1 is 1.42 bits per heavy atom. The number of anilines is 1. The molecule has 7 nitrogen and oxygen atoms in total. The van der Waals surface area contributed by atoms with Crippen LogP contribution in [-0.4, -0.2) is 43.5 Å². The van der Waals surface area contributed by atoms with Crippen molar-refractivity contribution < 1.29 is 17.9 Å². The minimum Gasteiger partial charge on any atom is -0.444 e. The van der Waals surface area contributed by atoms with E-state index >= 15 is 0 Å². The summed E-state index contributed by atoms with van der Waals surface area (Å²) in [4.78, 5) is 11.8. The number of carbonyl (C=O) groups excluding carboxylic acids is 1. The van der Waals surface area contributed by atoms with Crippen LogP contribution in [0.2, 0.25) is 5.02 Å². The summed E-state index contributed by atoms with van der Waals surface area (Å²) < 4.78 is 31.9. The van der Waals surface area contributed by atoms with Crippen molar-refractivity contribution in [3.05, 3.63) is 23.2 Å². The maximum absolute atomic E-state index is 12.7. The number of halogens is 1. The lowest BCUT2D eigenvalue weighted by Crippen LogP contribution is -2.41. The molecular formula is C15H22ClN3O4S. The molecule has 9 heteroatoms. The molecule has 0 aliphatic carbocycles. The van der Waals surface area contributed by atoms with Gasteiger partial charge in [-0.1, -0.05) is 11.6 Å². The Morgan fingerprint density at radius 3 is 2.71 bits per heavy atom. The van der Waals surface area contributed by atoms with Crippen molar-refractivity contribution in [3.63, 3.8) is 0 Å². The molecule has 1 atom stereocenters. The Morgan fingerprint density at radius 2 is 2.08 bits per heavy atom. The maximum Gasteiger partial charge on any atom is 0.407 e. The molecular weight excluding hydrogens is 354 g/mol. The van der Waals surface area contributed by atoms with Crippen LogP contribution in [-0.2, 0) is 14.8 Å². The first-order valence-corrected chi connectivity index (χ1v) is 9.35. The van der Waals surface area contributed by atoms with Crippen LogP contribution in [0.5, 0.6) is 0 Å². The van der Waals surface area contributed by atoms with Gasteiger partial charge in [-0.15, -0.1) is 0 Å². The zero-order valence-corrected chi connectivity index (χ0v) is 15.4. The molecule has 0 saturated carbocycles. The van der Waals surface area contributed by atoms with Gasteiger partial charge in [-0.05, 0) is 45.4 Å². The fraction of sp³-hybridized carbons (Fsp3) is 0.533. The van der Waals surface area contributed by atoms with Gasteiger partial charge in [-0.2, -0.15) is 4.31 Å². The second-order valence-corrected chi connectivity index (χ2v) is 9.00. The molecule has 3 N–H and O–H groups in total. The summed E-state index contributed by atoms with van der Waals surface area (Å²) in [6.07, 6.45) is -0.0629. The summed E-state index contributed by atoms with van der Waals surface area (Å²) in [5.74, 6) is 0. The molecule has 1 aromatic rings. The molecule has 1 aliphatic rings. The first kappa shape index (κ1) is 18.8. The van der Waals surface area contributed by atoms with Crippen LogP contribution in [0, 0.1) is 0 Å². The van der Waals surface area contributed by atoms with Crippen LogP contribution in [0.25, 0.3) is 0 Å². The first-order chi connectivity index (χ1) is 11.0. The first-order valence-electron chi connectivity index (χ1n) is 7.54. The average molecular weight is 376 g/mol. The van der Waals surface area contributed by atoms with Gasteiger partial charge in [0.2, 0.25) is 10.0 Å². The average Bonchev–Trinajstić information content (AvgIpc) is 2.88. The molecule has 1 fully saturated rings. The summed E-state index contributed by atoms with van der Waals surface area (Å²) >= 11 is 6.00. The van der Waals surface area contributed by atoms with E-state index in [-0.39, 0.29) is 29.0 Å². The number of sulfonamides is 1. The predicted molar refractivity (Wildman–Crippen MR) is 92.4 cm³/mol. The zero-order chi connectivity index (χ0) is 18.1. The topological polar surface area (TPSA) is 102 Å². The summed E-state index contributed by atoms with van der Waals surface area (Å²) in [7, 11) is -3.77. The van der Waals surface area contributed by atoms with Gasteiger partial charge in [0.25, 0.3) is 0 Å². The minimum atomic E-state index is -3.77. The largest absolute Gasteiger partial charge is 0.444 e. The van der Waals surface area contributed by atoms with Crippen molar-refractivity contribution in [1.29, 1.82) is 0 Å². The van der Waals surface area contributed by atoms with Crippen LogP contribution in [0.3, 0.4) is 0 Å². The van der Waals surface area contributed by atoms with E-state index in [4.69, 9.17) is 22.1 Å². The van der Waals surface area contributed by atoms with E-state index in [1.807, 2.05) is 0 Å². The highest BCUT2D eigenvalue weighted by Crippen LogP contribution is 2.28. The van der Waals surface area contributed by atoms with E-state index in [9.17, 15) is 13.2 Å². The zero-order valence-electron chi connectivity index (χ0n) is 13.9. The van der Waals surface area contributed by atoms with Crippen molar-refractivity contribution in [2.45, 2.75) is 43.7 Å². The molecule has 1 unspecified atom stereocenters. The van der Waals surface area contributed by atoms with Gasteiger partial charge in [0.1, 0.15) is 10.5 Å². The highest BCUT2D eigenvalue weighted by Gasteiger charge is 2.35. The molecule has 0 aromatic heterocycles. The van der Waals surface area contributed by atoms with Crippen LogP contribution < -0.4 is 11.1 Å². The molecule has 0 spiro atoms. The lowest BCUT2D eigenvalue weighted by Gasteiger charge is -2.22. The predicted octanol–water partition coefficient (Wildman–Crippen LogP) is 2.21. The van der Waals surface area contributed by atoms with E-state index in [1.54, 1.807) is 20.8 Å². The second-order valence-electron chi connectivity index (χ2n) is 6.68. The number of amides is 1. The molecule has 24 heavy (non-hydrogen) atoms. The number of nitrogens with one attached hydrogen (secondary N) is 1. The number of hydrogen-bond acceptors (Lipinski definition) is 5. The Kier molecular flexibility index (Phi) is 5.31. The van der Waals surface area contributed by atoms with E-state index in [0.717, 1.165) is 0 Å². The number of nitrogen functional groups attached to an aromatic ring is 1. The van der Waals surface area contributed by atoms with E-state index in [0.29, 0.717) is 12.1 Å². The van der Waals surface area contributed by atoms with Crippen molar-refractivity contribution in [2.75, 3.05) is 18.8 Å². The van der Waals surface area contributed by atoms with Crippen molar-refractivity contribution in [3.8, 4) is 0 Å². The fourth-order valence-corrected chi connectivity index (χ4v) is 4.40. The SMILES string of the molecule is CC(C)(C)OC(=O)NC1CCN(S(=O)(=O)c2cc(N)ccc2Cl)C1. The van der Waals surface area contributed by atoms with Crippen molar-refractivity contribution >= 4 is 33.4 Å². The maximum atomic E-state index is 12.7. The number of rotatable bonds is 3. The highest BCUT2D eigenvalue weighted by molar-refractivity contribution is 7.89. The highest BCUT2D eigenvalue weighted by atomic mass is 35.5. The van der Waals surface area contributed by atoms with Gasteiger partial charge < -0.3 is 15.8 Å². The van der Waals surface area contributed by atoms with Gasteiger partial charge in [0, 0.05) is 24.8 Å². The number of benzene rings is 1. The minimum absolute atomic E-state index is 0.0258. The van der Waals surface area contributed by atoms with Gasteiger partial charge in [0.05, 0.1) is 5.02 Å². The number of ether oxygens (including phenoxy) is 1. The number of carbonyl (C=O) groups is 1. The third-order valence-corrected chi connectivity index (χ3v) is 5.79. The molecule has 1 saturated heterocycles. The third-order valence-electron chi connectivity index (χ3n) is 3.44. The van der Waals surface area contributed by atoms with Crippen LogP contribution >= 0.6 is 11.6 Å². The Balaban J connectivity index is 2.07. The summed E-state index contributed by atoms with van der Waals surface area (Å²) in [5.41, 5.74) is 5.37. The van der Waals surface area contributed by atoms with E-state index < -0.39 is 21.7 Å². The van der Waals surface area contributed by atoms with Crippen molar-refractivity contribution in [1.82, 2.24) is 9.62 Å². The molecule has 0 radical (unpaired) electrons. The summed E-state index contributed by atoms with van der Waals surface area (Å²) in [6.45, 7) is 5.74. The molecule has 0 bridgehead atoms. The van der Waals surface area contributed by atoms with Gasteiger partial charge in [-0.25, -0.2) is 13.2 Å². The quantitative estimate of drug-likeness (QED) is 0.788. The number of alkyl carbamates (subject to hydrolysis) is 1. The fourth-order valence-electron chi connectivity index (χ4n) is 2.40. The lowest BCUT2D eigenvalue weighted by atomic mass is 10.2. The summed E-state index contributed by atoms with van der Waals surface area (Å²) in [6, 6.07) is 4.02. The van der Waals surface area contributed by atoms with E-state index in [1.165, 1.54) is 22.5 Å². The van der Waals surface area contributed by atoms with Crippen molar-refractivity contribution in [2.24, 2.45) is 0 Å². The van der Waals surface area contributed by atoms with E-state index in [2.05, 4.69) is 5.32 Å². The number of nitrogens with zero attached hydrogens (tertiary/aromatic N) is 1. The molecule has 134 valence electrons. The monoisotopic (exact) mass is 375 g/mol. The van der Waals surface area contributed by atoms with Gasteiger partial charge in [0.15, 0.2) is 0 Å². The van der Waals surface area contributed by atoms with Gasteiger partial charge in [-0.3, -0.25) is 0 Å². The molecule has 1 heterocycles. The standard InChI is InChI=1S/C15H22ClN3O4S/c1-15(2,3)23-14(20)18-11-6-7-19(9-11)24(21,22)13-8-10(17)4-5-12(13)16/h4-5,8,11H,6-7,9,17H2,1-3H3,(H,18,20). The lowest BCUT2D eigenvalue weighted by molar-refractivity contribution is 0.0507. The van der Waals surface area contributed by atoms with Gasteiger partial charge >= 0.3 is 6.09 Å². The van der Waals surface area contributed by atoms with Crippen LogP contribution in [0.15, 0.2) is 23.1 Å². The third kappa shape index (κ3) is 4.52. The Bertz CT molecular complexity index is 731. The second kappa shape index (κ2) is 6.78. The molecule has 2 rings (SSSR count). The van der Waals surface area contributed by atoms with Crippen LogP contribution in [0.1, 0.15) is 27.2 Å². The Labute approximate surface area is 147 Å². The smallest absolute Gasteiger partial charge is 0.407 e. The summed E-state index contributed by atoms with van der Waals surface area (Å²) in [5, 5.41) is 2.81. The van der Waals surface area contributed by atoms with Crippen LogP contribution in [0.4, 0.5) is 10.5 Å². The number of nitrogens with two attached hydrogens (primary N) is 1. The molecule has 1 aromatic carbocycles. The molecule has 1 aliphatic heterocycles. The normalized spacial score (nSPS) is 19.2. The molecule has 1 amide bonds. The number of hydrogen-bond donors (Lipinski definition) is 2. The Hall–Kier alpha value is -1.51.